The standard InChI is InChI=1S/C19H25F3N4O2S2/c1-13-24-11-14(29-13)10-17(27)23-6-2-3-7-26-8-4-15-16(5-9-26)30-18(25-15)28-12-19(20,21)22/h11H,2-10,12H2,1H3,(H,23,27). The third-order valence-electron chi connectivity index (χ3n) is 4.67. The van der Waals surface area contributed by atoms with Crippen LogP contribution in [0.3, 0.4) is 0 Å². The fourth-order valence-electron chi connectivity index (χ4n) is 3.21. The van der Waals surface area contributed by atoms with E-state index in [0.717, 1.165) is 59.4 Å². The maximum atomic E-state index is 12.3. The number of carbonyl (C=O) groups is 1. The van der Waals surface area contributed by atoms with E-state index in [9.17, 15) is 18.0 Å². The van der Waals surface area contributed by atoms with E-state index in [2.05, 4.69) is 20.2 Å². The van der Waals surface area contributed by atoms with Crippen LogP contribution in [0.25, 0.3) is 0 Å². The van der Waals surface area contributed by atoms with Gasteiger partial charge in [0.1, 0.15) is 0 Å². The number of unbranched alkanes of at least 4 members (excludes halogenated alkanes) is 1. The highest BCUT2D eigenvalue weighted by molar-refractivity contribution is 7.13. The van der Waals surface area contributed by atoms with Crippen LogP contribution in [-0.2, 0) is 24.1 Å². The largest absolute Gasteiger partial charge is 0.460 e. The van der Waals surface area contributed by atoms with Gasteiger partial charge in [0, 0.05) is 42.0 Å². The number of alkyl halides is 3. The van der Waals surface area contributed by atoms with Crippen molar-refractivity contribution in [2.24, 2.45) is 0 Å². The Kier molecular flexibility index (Phi) is 8.06. The Hall–Kier alpha value is -1.72. The number of hydrogen-bond acceptors (Lipinski definition) is 7. The van der Waals surface area contributed by atoms with Crippen molar-refractivity contribution in [3.8, 4) is 5.19 Å². The molecule has 1 N–H and O–H groups in total. The second-order valence-corrected chi connectivity index (χ2v) is 9.54. The van der Waals surface area contributed by atoms with Gasteiger partial charge in [-0.05, 0) is 32.7 Å². The van der Waals surface area contributed by atoms with Crippen molar-refractivity contribution >= 4 is 28.6 Å². The summed E-state index contributed by atoms with van der Waals surface area (Å²) < 4.78 is 41.6. The molecule has 0 saturated carbocycles. The minimum atomic E-state index is -4.35. The summed E-state index contributed by atoms with van der Waals surface area (Å²) >= 11 is 2.76. The van der Waals surface area contributed by atoms with Crippen LogP contribution in [0.5, 0.6) is 5.19 Å². The third kappa shape index (κ3) is 7.51. The van der Waals surface area contributed by atoms with Gasteiger partial charge in [-0.2, -0.15) is 13.2 Å². The Balaban J connectivity index is 1.30. The lowest BCUT2D eigenvalue weighted by Crippen LogP contribution is -2.29. The smallest absolute Gasteiger partial charge is 0.422 e. The average molecular weight is 463 g/mol. The number of thiazole rings is 2. The lowest BCUT2D eigenvalue weighted by Gasteiger charge is -2.19. The third-order valence-corrected chi connectivity index (χ3v) is 6.65. The molecule has 0 bridgehead atoms. The number of nitrogens with one attached hydrogen (secondary N) is 1. The Morgan fingerprint density at radius 2 is 2.07 bits per heavy atom. The van der Waals surface area contributed by atoms with Gasteiger partial charge in [-0.15, -0.1) is 11.3 Å². The Morgan fingerprint density at radius 3 is 2.80 bits per heavy atom. The number of nitrogens with zero attached hydrogens (tertiary/aromatic N) is 3. The van der Waals surface area contributed by atoms with Crippen LogP contribution >= 0.6 is 22.7 Å². The molecule has 0 atom stereocenters. The molecule has 6 nitrogen and oxygen atoms in total. The normalized spacial score (nSPS) is 14.9. The van der Waals surface area contributed by atoms with Gasteiger partial charge in [0.25, 0.3) is 5.19 Å². The maximum absolute atomic E-state index is 12.3. The molecule has 0 aromatic carbocycles. The molecule has 2 aromatic rings. The predicted molar refractivity (Wildman–Crippen MR) is 110 cm³/mol. The molecule has 0 saturated heterocycles. The van der Waals surface area contributed by atoms with Gasteiger partial charge in [0.05, 0.1) is 17.1 Å². The van der Waals surface area contributed by atoms with Crippen molar-refractivity contribution in [2.75, 3.05) is 32.8 Å². The lowest BCUT2D eigenvalue weighted by atomic mass is 10.2. The zero-order valence-electron chi connectivity index (χ0n) is 16.8. The van der Waals surface area contributed by atoms with Gasteiger partial charge >= 0.3 is 6.18 Å². The van der Waals surface area contributed by atoms with E-state index < -0.39 is 12.8 Å². The van der Waals surface area contributed by atoms with E-state index in [0.29, 0.717) is 19.4 Å². The first-order valence-electron chi connectivity index (χ1n) is 9.87. The van der Waals surface area contributed by atoms with Crippen LogP contribution in [0.1, 0.15) is 33.3 Å². The predicted octanol–water partition coefficient (Wildman–Crippen LogP) is 3.39. The Morgan fingerprint density at radius 1 is 1.27 bits per heavy atom. The number of ether oxygens (including phenoxy) is 1. The van der Waals surface area contributed by atoms with E-state index in [1.165, 1.54) is 22.7 Å². The van der Waals surface area contributed by atoms with Gasteiger partial charge in [-0.1, -0.05) is 11.3 Å². The van der Waals surface area contributed by atoms with Crippen LogP contribution in [0.4, 0.5) is 13.2 Å². The summed E-state index contributed by atoms with van der Waals surface area (Å²) in [6.07, 6.45) is 1.14. The Labute approximate surface area is 181 Å². The molecular formula is C19H25F3N4O2S2. The van der Waals surface area contributed by atoms with Crippen LogP contribution in [0.15, 0.2) is 6.20 Å². The summed E-state index contributed by atoms with van der Waals surface area (Å²) in [6, 6.07) is 0. The molecule has 3 rings (SSSR count). The summed E-state index contributed by atoms with van der Waals surface area (Å²) in [7, 11) is 0. The molecule has 3 heterocycles. The summed E-state index contributed by atoms with van der Waals surface area (Å²) in [6.45, 7) is 3.88. The summed E-state index contributed by atoms with van der Waals surface area (Å²) in [5.41, 5.74) is 0.852. The lowest BCUT2D eigenvalue weighted by molar-refractivity contribution is -0.153. The molecule has 0 radical (unpaired) electrons. The van der Waals surface area contributed by atoms with Crippen LogP contribution in [0.2, 0.25) is 0 Å². The van der Waals surface area contributed by atoms with Gasteiger partial charge in [0.15, 0.2) is 6.61 Å². The zero-order valence-corrected chi connectivity index (χ0v) is 18.4. The summed E-state index contributed by atoms with van der Waals surface area (Å²) in [4.78, 5) is 24.6. The Bertz CT molecular complexity index is 813. The topological polar surface area (TPSA) is 67.4 Å². The van der Waals surface area contributed by atoms with Gasteiger partial charge in [-0.25, -0.2) is 9.97 Å². The maximum Gasteiger partial charge on any atom is 0.422 e. The number of amides is 1. The van der Waals surface area contributed by atoms with Gasteiger partial charge in [0.2, 0.25) is 5.91 Å². The number of aromatic nitrogens is 2. The highest BCUT2D eigenvalue weighted by atomic mass is 32.1. The summed E-state index contributed by atoms with van der Waals surface area (Å²) in [5, 5.41) is 4.02. The van der Waals surface area contributed by atoms with Gasteiger partial charge in [-0.3, -0.25) is 4.79 Å². The van der Waals surface area contributed by atoms with Crippen LogP contribution in [-0.4, -0.2) is 59.7 Å². The van der Waals surface area contributed by atoms with Gasteiger partial charge < -0.3 is 15.0 Å². The number of rotatable bonds is 9. The van der Waals surface area contributed by atoms with E-state index >= 15 is 0 Å². The number of carbonyl (C=O) groups excluding carboxylic acids is 1. The second-order valence-electron chi connectivity index (χ2n) is 7.17. The molecular weight excluding hydrogens is 437 g/mol. The number of fused-ring (bicyclic) bond motifs is 1. The number of aryl methyl sites for hydroxylation is 1. The molecule has 11 heteroatoms. The summed E-state index contributed by atoms with van der Waals surface area (Å²) in [5.74, 6) is 0.0208. The van der Waals surface area contributed by atoms with Crippen molar-refractivity contribution in [2.45, 2.75) is 45.2 Å². The minimum Gasteiger partial charge on any atom is -0.460 e. The number of halogens is 3. The van der Waals surface area contributed by atoms with Crippen molar-refractivity contribution in [1.29, 1.82) is 0 Å². The highest BCUT2D eigenvalue weighted by Crippen LogP contribution is 2.29. The van der Waals surface area contributed by atoms with Crippen molar-refractivity contribution in [3.63, 3.8) is 0 Å². The first-order chi connectivity index (χ1) is 14.3. The van der Waals surface area contributed by atoms with Crippen molar-refractivity contribution < 1.29 is 22.7 Å². The second kappa shape index (κ2) is 10.5. The first-order valence-corrected chi connectivity index (χ1v) is 11.5. The van der Waals surface area contributed by atoms with Crippen molar-refractivity contribution in [1.82, 2.24) is 20.2 Å². The van der Waals surface area contributed by atoms with E-state index in [-0.39, 0.29) is 11.1 Å². The molecule has 2 aromatic heterocycles. The molecule has 0 fully saturated rings. The van der Waals surface area contributed by atoms with Crippen LogP contribution in [0, 0.1) is 6.92 Å². The molecule has 0 aliphatic carbocycles. The zero-order chi connectivity index (χ0) is 21.6. The fraction of sp³-hybridized carbons (Fsp3) is 0.632. The highest BCUT2D eigenvalue weighted by Gasteiger charge is 2.29. The number of hydrogen-bond donors (Lipinski definition) is 1. The molecule has 30 heavy (non-hydrogen) atoms. The van der Waals surface area contributed by atoms with Crippen LogP contribution < -0.4 is 10.1 Å². The molecule has 0 unspecified atom stereocenters. The SMILES string of the molecule is Cc1ncc(CC(=O)NCCCCN2CCc3nc(OCC(F)(F)F)sc3CC2)s1. The molecule has 1 aliphatic rings. The van der Waals surface area contributed by atoms with E-state index in [1.807, 2.05) is 6.92 Å². The average Bonchev–Trinajstić information content (AvgIpc) is 3.21. The van der Waals surface area contributed by atoms with E-state index in [1.54, 1.807) is 6.20 Å². The van der Waals surface area contributed by atoms with E-state index in [4.69, 9.17) is 4.74 Å². The van der Waals surface area contributed by atoms with Crippen molar-refractivity contribution in [3.05, 3.63) is 26.7 Å². The molecule has 166 valence electrons. The minimum absolute atomic E-state index is 0.0208. The molecule has 0 spiro atoms. The quantitative estimate of drug-likeness (QED) is 0.579. The molecule has 1 aliphatic heterocycles. The monoisotopic (exact) mass is 462 g/mol. The molecule has 1 amide bonds. The fourth-order valence-corrected chi connectivity index (χ4v) is 4.95. The first kappa shape index (κ1) is 23.0.